The third kappa shape index (κ3) is 4.57. The molecule has 0 bridgehead atoms. The molecule has 1 fully saturated rings. The van der Waals surface area contributed by atoms with Crippen LogP contribution < -0.4 is 14.9 Å². The van der Waals surface area contributed by atoms with E-state index in [-0.39, 0.29) is 0 Å². The summed E-state index contributed by atoms with van der Waals surface area (Å²) in [5, 5.41) is 2.27. The lowest BCUT2D eigenvalue weighted by Crippen LogP contribution is -2.50. The minimum Gasteiger partial charge on any atom is -0.493 e. The Balaban J connectivity index is 1.98. The normalized spacial score (nSPS) is 17.0. The first-order valence-corrected chi connectivity index (χ1v) is 8.09. The van der Waals surface area contributed by atoms with Gasteiger partial charge in [0.05, 0.1) is 18.2 Å². The molecule has 0 aliphatic carbocycles. The number of halogens is 1. The van der Waals surface area contributed by atoms with Gasteiger partial charge in [-0.1, -0.05) is 0 Å². The van der Waals surface area contributed by atoms with Crippen LogP contribution in [0.3, 0.4) is 0 Å². The first kappa shape index (κ1) is 16.5. The number of hydrogen-bond acceptors (Lipinski definition) is 5. The summed E-state index contributed by atoms with van der Waals surface area (Å²) in [6.07, 6.45) is 0. The van der Waals surface area contributed by atoms with Crippen LogP contribution in [-0.4, -0.2) is 56.9 Å². The van der Waals surface area contributed by atoms with Gasteiger partial charge in [-0.05, 0) is 47.6 Å². The number of piperazine rings is 1. The molecule has 1 heterocycles. The van der Waals surface area contributed by atoms with Gasteiger partial charge in [0.2, 0.25) is 0 Å². The van der Waals surface area contributed by atoms with Gasteiger partial charge < -0.3 is 14.4 Å². The van der Waals surface area contributed by atoms with Gasteiger partial charge in [-0.25, -0.2) is 5.01 Å². The van der Waals surface area contributed by atoms with Crippen molar-refractivity contribution in [2.24, 2.45) is 0 Å². The summed E-state index contributed by atoms with van der Waals surface area (Å²) in [4.78, 5) is 2.34. The summed E-state index contributed by atoms with van der Waals surface area (Å²) in [6, 6.07) is 4.11. The van der Waals surface area contributed by atoms with Crippen LogP contribution in [-0.2, 0) is 6.54 Å². The number of likely N-dealkylation sites (N-methyl/N-ethyl adjacent to an activating group) is 1. The maximum atomic E-state index is 5.61. The number of nitrogens with one attached hydrogen (secondary N) is 1. The summed E-state index contributed by atoms with van der Waals surface area (Å²) >= 11 is 3.56. The average Bonchev–Trinajstić information content (AvgIpc) is 2.49. The molecule has 1 saturated heterocycles. The lowest BCUT2D eigenvalue weighted by Gasteiger charge is -2.32. The van der Waals surface area contributed by atoms with Gasteiger partial charge in [-0.15, -0.1) is 0 Å². The highest BCUT2D eigenvalue weighted by Crippen LogP contribution is 2.36. The van der Waals surface area contributed by atoms with E-state index in [9.17, 15) is 0 Å². The molecule has 1 aliphatic rings. The molecule has 1 N–H and O–H groups in total. The molecule has 2 rings (SSSR count). The molecular formula is C15H24BrN3O2. The lowest BCUT2D eigenvalue weighted by molar-refractivity contribution is 0.102. The molecule has 0 aromatic heterocycles. The van der Waals surface area contributed by atoms with Crippen LogP contribution in [0.15, 0.2) is 16.6 Å². The molecule has 21 heavy (non-hydrogen) atoms. The maximum absolute atomic E-state index is 5.61. The second-order valence-corrected chi connectivity index (χ2v) is 6.02. The monoisotopic (exact) mass is 357 g/mol. The predicted molar refractivity (Wildman–Crippen MR) is 87.8 cm³/mol. The van der Waals surface area contributed by atoms with Crippen LogP contribution in [0.4, 0.5) is 0 Å². The van der Waals surface area contributed by atoms with Crippen molar-refractivity contribution in [3.05, 3.63) is 22.2 Å². The van der Waals surface area contributed by atoms with Crippen LogP contribution in [0.2, 0.25) is 0 Å². The molecule has 0 saturated carbocycles. The fourth-order valence-corrected chi connectivity index (χ4v) is 2.93. The summed E-state index contributed by atoms with van der Waals surface area (Å²) in [5.74, 6) is 1.53. The molecule has 0 atom stereocenters. The van der Waals surface area contributed by atoms with E-state index in [1.165, 1.54) is 5.56 Å². The molecule has 0 amide bonds. The smallest absolute Gasteiger partial charge is 0.175 e. The Hall–Kier alpha value is -0.820. The Morgan fingerprint density at radius 2 is 1.95 bits per heavy atom. The zero-order valence-electron chi connectivity index (χ0n) is 13.0. The molecular weight excluding hydrogens is 334 g/mol. The van der Waals surface area contributed by atoms with Crippen LogP contribution in [0.1, 0.15) is 12.5 Å². The third-order valence-corrected chi connectivity index (χ3v) is 4.18. The zero-order valence-corrected chi connectivity index (χ0v) is 14.6. The molecule has 0 unspecified atom stereocenters. The Bertz CT molecular complexity index is 462. The highest BCUT2D eigenvalue weighted by Gasteiger charge is 2.15. The predicted octanol–water partition coefficient (Wildman–Crippen LogP) is 2.11. The van der Waals surface area contributed by atoms with E-state index in [4.69, 9.17) is 9.47 Å². The fourth-order valence-electron chi connectivity index (χ4n) is 2.33. The Morgan fingerprint density at radius 3 is 2.57 bits per heavy atom. The molecule has 6 heteroatoms. The molecule has 5 nitrogen and oxygen atoms in total. The number of nitrogens with zero attached hydrogens (tertiary/aromatic N) is 2. The van der Waals surface area contributed by atoms with Gasteiger partial charge in [0, 0.05) is 32.7 Å². The van der Waals surface area contributed by atoms with Crippen LogP contribution in [0, 0.1) is 0 Å². The van der Waals surface area contributed by atoms with Crippen molar-refractivity contribution in [2.45, 2.75) is 13.5 Å². The molecule has 1 aromatic carbocycles. The number of rotatable bonds is 6. The number of ether oxygens (including phenoxy) is 2. The van der Waals surface area contributed by atoms with Gasteiger partial charge in [-0.3, -0.25) is 5.43 Å². The lowest BCUT2D eigenvalue weighted by atomic mass is 10.2. The molecule has 1 aromatic rings. The number of benzene rings is 1. The zero-order chi connectivity index (χ0) is 15.2. The highest BCUT2D eigenvalue weighted by atomic mass is 79.9. The molecule has 0 spiro atoms. The standard InChI is InChI=1S/C15H24BrN3O2/c1-4-21-15-13(16)9-12(10-14(15)20-3)11-17-19-7-5-18(2)6-8-19/h9-10,17H,4-8,11H2,1-3H3. The first-order valence-electron chi connectivity index (χ1n) is 7.30. The molecule has 118 valence electrons. The van der Waals surface area contributed by atoms with Crippen LogP contribution in [0.25, 0.3) is 0 Å². The summed E-state index contributed by atoms with van der Waals surface area (Å²) in [5.41, 5.74) is 4.65. The topological polar surface area (TPSA) is 37.0 Å². The Kier molecular flexibility index (Phi) is 6.29. The van der Waals surface area contributed by atoms with Crippen LogP contribution in [0.5, 0.6) is 11.5 Å². The Labute approximate surface area is 135 Å². The van der Waals surface area contributed by atoms with Gasteiger partial charge in [-0.2, -0.15) is 0 Å². The van der Waals surface area contributed by atoms with E-state index < -0.39 is 0 Å². The van der Waals surface area contributed by atoms with Gasteiger partial charge in [0.15, 0.2) is 11.5 Å². The summed E-state index contributed by atoms with van der Waals surface area (Å²) in [7, 11) is 3.83. The maximum Gasteiger partial charge on any atom is 0.175 e. The van der Waals surface area contributed by atoms with Crippen molar-refractivity contribution >= 4 is 15.9 Å². The van der Waals surface area contributed by atoms with Crippen molar-refractivity contribution in [1.82, 2.24) is 15.3 Å². The van der Waals surface area contributed by atoms with E-state index >= 15 is 0 Å². The first-order chi connectivity index (χ1) is 10.1. The summed E-state index contributed by atoms with van der Waals surface area (Å²) in [6.45, 7) is 7.66. The minimum atomic E-state index is 0.619. The van der Waals surface area contributed by atoms with Gasteiger partial charge >= 0.3 is 0 Å². The quantitative estimate of drug-likeness (QED) is 0.843. The average molecular weight is 358 g/mol. The van der Waals surface area contributed by atoms with Crippen molar-refractivity contribution in [3.8, 4) is 11.5 Å². The summed E-state index contributed by atoms with van der Waals surface area (Å²) < 4.78 is 12.0. The fraction of sp³-hybridized carbons (Fsp3) is 0.600. The largest absolute Gasteiger partial charge is 0.493 e. The van der Waals surface area contributed by atoms with E-state index in [0.717, 1.165) is 48.7 Å². The van der Waals surface area contributed by atoms with E-state index in [2.05, 4.69) is 44.4 Å². The number of hydrazine groups is 1. The van der Waals surface area contributed by atoms with E-state index in [0.29, 0.717) is 6.61 Å². The Morgan fingerprint density at radius 1 is 1.24 bits per heavy atom. The van der Waals surface area contributed by atoms with Gasteiger partial charge in [0.25, 0.3) is 0 Å². The van der Waals surface area contributed by atoms with Crippen LogP contribution >= 0.6 is 15.9 Å². The number of hydrogen-bond donors (Lipinski definition) is 1. The molecule has 0 radical (unpaired) electrons. The SMILES string of the molecule is CCOc1c(Br)cc(CNN2CCN(C)CC2)cc1OC. The second kappa shape index (κ2) is 7.98. The van der Waals surface area contributed by atoms with Gasteiger partial charge in [0.1, 0.15) is 0 Å². The highest BCUT2D eigenvalue weighted by molar-refractivity contribution is 9.10. The van der Waals surface area contributed by atoms with Crippen molar-refractivity contribution < 1.29 is 9.47 Å². The minimum absolute atomic E-state index is 0.619. The molecule has 1 aliphatic heterocycles. The third-order valence-electron chi connectivity index (χ3n) is 3.59. The van der Waals surface area contributed by atoms with Crippen molar-refractivity contribution in [3.63, 3.8) is 0 Å². The van der Waals surface area contributed by atoms with Crippen molar-refractivity contribution in [2.75, 3.05) is 46.9 Å². The van der Waals surface area contributed by atoms with E-state index in [1.54, 1.807) is 7.11 Å². The number of methoxy groups -OCH3 is 1. The van der Waals surface area contributed by atoms with Crippen molar-refractivity contribution in [1.29, 1.82) is 0 Å². The van der Waals surface area contributed by atoms with E-state index in [1.807, 2.05) is 13.0 Å². The second-order valence-electron chi connectivity index (χ2n) is 5.17.